The molecule has 0 amide bonds. The minimum atomic E-state index is 0.929. The molecule has 2 rings (SSSR count). The van der Waals surface area contributed by atoms with E-state index >= 15 is 0 Å². The van der Waals surface area contributed by atoms with E-state index in [2.05, 4.69) is 10.2 Å². The number of rotatable bonds is 3. The fourth-order valence-corrected chi connectivity index (χ4v) is 3.91. The standard InChI is InChI=1S/C10H16N2S2/c1-8-11-12-10(14-8)13-7-9-5-3-2-4-6-9/h9H,2-7H2,1H3. The van der Waals surface area contributed by atoms with Gasteiger partial charge in [0.1, 0.15) is 5.01 Å². The molecule has 0 radical (unpaired) electrons. The zero-order valence-corrected chi connectivity index (χ0v) is 10.2. The molecule has 1 heterocycles. The van der Waals surface area contributed by atoms with Gasteiger partial charge in [-0.15, -0.1) is 10.2 Å². The maximum Gasteiger partial charge on any atom is 0.174 e. The SMILES string of the molecule is Cc1nnc(SCC2CCCCC2)s1. The second-order valence-corrected chi connectivity index (χ2v) is 6.35. The summed E-state index contributed by atoms with van der Waals surface area (Å²) in [6.45, 7) is 2.02. The third-order valence-corrected chi connectivity index (χ3v) is 4.88. The Balaban J connectivity index is 1.76. The lowest BCUT2D eigenvalue weighted by molar-refractivity contribution is 0.391. The van der Waals surface area contributed by atoms with Gasteiger partial charge in [-0.25, -0.2) is 0 Å². The van der Waals surface area contributed by atoms with Crippen LogP contribution in [-0.2, 0) is 0 Å². The van der Waals surface area contributed by atoms with E-state index in [1.807, 2.05) is 18.7 Å². The van der Waals surface area contributed by atoms with Gasteiger partial charge in [0.15, 0.2) is 4.34 Å². The number of hydrogen-bond acceptors (Lipinski definition) is 4. The van der Waals surface area contributed by atoms with Gasteiger partial charge in [-0.1, -0.05) is 42.4 Å². The van der Waals surface area contributed by atoms with Crippen LogP contribution in [-0.4, -0.2) is 16.0 Å². The largest absolute Gasteiger partial charge is 0.174 e. The Labute approximate surface area is 93.5 Å². The summed E-state index contributed by atoms with van der Waals surface area (Å²) in [7, 11) is 0. The highest BCUT2D eigenvalue weighted by atomic mass is 32.2. The molecule has 1 saturated carbocycles. The third-order valence-electron chi connectivity index (χ3n) is 2.67. The van der Waals surface area contributed by atoms with Crippen LogP contribution in [0.25, 0.3) is 0 Å². The molecule has 0 spiro atoms. The fraction of sp³-hybridized carbons (Fsp3) is 0.800. The van der Waals surface area contributed by atoms with Crippen molar-refractivity contribution in [2.75, 3.05) is 5.75 Å². The topological polar surface area (TPSA) is 25.8 Å². The van der Waals surface area contributed by atoms with E-state index in [4.69, 9.17) is 0 Å². The fourth-order valence-electron chi connectivity index (χ4n) is 1.88. The average molecular weight is 228 g/mol. The normalized spacial score (nSPS) is 18.6. The van der Waals surface area contributed by atoms with Crippen molar-refractivity contribution in [3.8, 4) is 0 Å². The van der Waals surface area contributed by atoms with E-state index in [0.29, 0.717) is 0 Å². The van der Waals surface area contributed by atoms with E-state index in [0.717, 1.165) is 15.3 Å². The molecule has 0 bridgehead atoms. The van der Waals surface area contributed by atoms with Crippen molar-refractivity contribution in [1.82, 2.24) is 10.2 Å². The summed E-state index contributed by atoms with van der Waals surface area (Å²) < 4.78 is 1.15. The van der Waals surface area contributed by atoms with Crippen LogP contribution in [0.1, 0.15) is 37.1 Å². The second-order valence-electron chi connectivity index (χ2n) is 3.90. The zero-order chi connectivity index (χ0) is 9.80. The molecule has 1 aliphatic rings. The number of hydrogen-bond donors (Lipinski definition) is 0. The Morgan fingerprint density at radius 3 is 2.71 bits per heavy atom. The first-order chi connectivity index (χ1) is 6.84. The third kappa shape index (κ3) is 2.95. The van der Waals surface area contributed by atoms with E-state index in [9.17, 15) is 0 Å². The number of nitrogens with zero attached hydrogens (tertiary/aromatic N) is 2. The first-order valence-corrected chi connectivity index (χ1v) is 7.08. The van der Waals surface area contributed by atoms with Crippen molar-refractivity contribution in [3.05, 3.63) is 5.01 Å². The van der Waals surface area contributed by atoms with Crippen molar-refractivity contribution < 1.29 is 0 Å². The zero-order valence-electron chi connectivity index (χ0n) is 8.53. The number of thioether (sulfide) groups is 1. The van der Waals surface area contributed by atoms with Gasteiger partial charge in [-0.05, 0) is 25.7 Å². The molecule has 1 fully saturated rings. The van der Waals surface area contributed by atoms with E-state index in [1.54, 1.807) is 11.3 Å². The summed E-state index contributed by atoms with van der Waals surface area (Å²) in [5, 5.41) is 9.24. The molecular weight excluding hydrogens is 212 g/mol. The van der Waals surface area contributed by atoms with E-state index in [1.165, 1.54) is 37.9 Å². The smallest absolute Gasteiger partial charge is 0.143 e. The summed E-state index contributed by atoms with van der Waals surface area (Å²) in [5.41, 5.74) is 0. The number of aromatic nitrogens is 2. The Hall–Kier alpha value is -0.0900. The quantitative estimate of drug-likeness (QED) is 0.740. The van der Waals surface area contributed by atoms with Crippen LogP contribution in [0.15, 0.2) is 4.34 Å². The van der Waals surface area contributed by atoms with Crippen LogP contribution in [0.3, 0.4) is 0 Å². The van der Waals surface area contributed by atoms with Gasteiger partial charge in [0.05, 0.1) is 0 Å². The van der Waals surface area contributed by atoms with Crippen LogP contribution in [0.2, 0.25) is 0 Å². The molecule has 4 heteroatoms. The van der Waals surface area contributed by atoms with Crippen molar-refractivity contribution in [2.24, 2.45) is 5.92 Å². The van der Waals surface area contributed by atoms with Crippen molar-refractivity contribution >= 4 is 23.1 Å². The van der Waals surface area contributed by atoms with E-state index < -0.39 is 0 Å². The lowest BCUT2D eigenvalue weighted by atomic mass is 9.91. The molecule has 0 aromatic carbocycles. The Morgan fingerprint density at radius 1 is 1.29 bits per heavy atom. The Morgan fingerprint density at radius 2 is 2.07 bits per heavy atom. The van der Waals surface area contributed by atoms with Crippen LogP contribution in [0.5, 0.6) is 0 Å². The lowest BCUT2D eigenvalue weighted by Crippen LogP contribution is -2.08. The molecule has 1 aliphatic carbocycles. The summed E-state index contributed by atoms with van der Waals surface area (Å²) in [6.07, 6.45) is 7.15. The highest BCUT2D eigenvalue weighted by Gasteiger charge is 2.14. The molecule has 0 aliphatic heterocycles. The molecule has 14 heavy (non-hydrogen) atoms. The summed E-state index contributed by atoms with van der Waals surface area (Å²) in [5.74, 6) is 2.17. The molecule has 0 unspecified atom stereocenters. The maximum atomic E-state index is 4.13. The predicted molar refractivity (Wildman–Crippen MR) is 61.9 cm³/mol. The van der Waals surface area contributed by atoms with Crippen LogP contribution < -0.4 is 0 Å². The van der Waals surface area contributed by atoms with Gasteiger partial charge in [-0.2, -0.15) is 0 Å². The molecule has 0 atom stereocenters. The van der Waals surface area contributed by atoms with Gasteiger partial charge >= 0.3 is 0 Å². The molecule has 2 nitrogen and oxygen atoms in total. The molecule has 0 N–H and O–H groups in total. The van der Waals surface area contributed by atoms with Crippen LogP contribution >= 0.6 is 23.1 Å². The molecule has 0 saturated heterocycles. The maximum absolute atomic E-state index is 4.13. The molecule has 78 valence electrons. The summed E-state index contributed by atoms with van der Waals surface area (Å²) in [4.78, 5) is 0. The minimum Gasteiger partial charge on any atom is -0.143 e. The average Bonchev–Trinajstić information content (AvgIpc) is 2.63. The molecular formula is C10H16N2S2. The summed E-state index contributed by atoms with van der Waals surface area (Å²) >= 11 is 3.61. The monoisotopic (exact) mass is 228 g/mol. The lowest BCUT2D eigenvalue weighted by Gasteiger charge is -2.20. The predicted octanol–water partition coefficient (Wildman–Crippen LogP) is 3.52. The molecule has 1 aromatic rings. The Bertz CT molecular complexity index is 279. The first-order valence-electron chi connectivity index (χ1n) is 5.27. The van der Waals surface area contributed by atoms with Crippen molar-refractivity contribution in [2.45, 2.75) is 43.4 Å². The second kappa shape index (κ2) is 5.12. The number of aryl methyl sites for hydroxylation is 1. The van der Waals surface area contributed by atoms with E-state index in [-0.39, 0.29) is 0 Å². The summed E-state index contributed by atoms with van der Waals surface area (Å²) in [6, 6.07) is 0. The van der Waals surface area contributed by atoms with Gasteiger partial charge in [0, 0.05) is 5.75 Å². The van der Waals surface area contributed by atoms with Gasteiger partial charge in [0.25, 0.3) is 0 Å². The molecule has 1 aromatic heterocycles. The first kappa shape index (κ1) is 10.4. The highest BCUT2D eigenvalue weighted by molar-refractivity contribution is 8.01. The van der Waals surface area contributed by atoms with Crippen LogP contribution in [0.4, 0.5) is 0 Å². The minimum absolute atomic E-state index is 0.929. The van der Waals surface area contributed by atoms with Gasteiger partial charge < -0.3 is 0 Å². The van der Waals surface area contributed by atoms with Gasteiger partial charge in [0.2, 0.25) is 0 Å². The van der Waals surface area contributed by atoms with Crippen LogP contribution in [0, 0.1) is 12.8 Å². The van der Waals surface area contributed by atoms with Crippen molar-refractivity contribution in [1.29, 1.82) is 0 Å². The highest BCUT2D eigenvalue weighted by Crippen LogP contribution is 2.30. The Kier molecular flexibility index (Phi) is 3.81. The van der Waals surface area contributed by atoms with Gasteiger partial charge in [-0.3, -0.25) is 0 Å². The van der Waals surface area contributed by atoms with Crippen molar-refractivity contribution in [3.63, 3.8) is 0 Å².